The van der Waals surface area contributed by atoms with Crippen LogP contribution < -0.4 is 5.56 Å². The molecule has 0 radical (unpaired) electrons. The van der Waals surface area contributed by atoms with Crippen LogP contribution in [0.2, 0.25) is 0 Å². The van der Waals surface area contributed by atoms with Crippen molar-refractivity contribution in [2.75, 3.05) is 13.1 Å². The fraction of sp³-hybridized carbons (Fsp3) is 0.500. The number of aromatic nitrogens is 3. The van der Waals surface area contributed by atoms with Crippen LogP contribution in [0.4, 0.5) is 0 Å². The van der Waals surface area contributed by atoms with E-state index < -0.39 is 11.4 Å². The summed E-state index contributed by atoms with van der Waals surface area (Å²) >= 11 is 0. The number of aryl methyl sites for hydroxylation is 1. The molecule has 2 aliphatic rings. The molecule has 1 aliphatic heterocycles. The number of rotatable bonds is 4. The second kappa shape index (κ2) is 6.19. The standard InChI is InChI=1S/C18H20N4O4/c23-15(21-10-12-4-3-8-18(12,11-21)17(25)26)7-9-22-16(24)13-5-1-2-6-14(13)19-20-22/h1-2,5-6,12H,3-4,7-11H2,(H,25,26)/t12-,18+/m0/s1. The summed E-state index contributed by atoms with van der Waals surface area (Å²) in [5, 5.41) is 18.0. The van der Waals surface area contributed by atoms with Gasteiger partial charge in [0.15, 0.2) is 0 Å². The SMILES string of the molecule is O=C(CCn1nnc2ccccc2c1=O)N1C[C@@H]2CCC[C@@]2(C(=O)O)C1. The molecule has 8 heteroatoms. The Labute approximate surface area is 149 Å². The molecule has 0 unspecified atom stereocenters. The fourth-order valence-electron chi connectivity index (χ4n) is 4.36. The Morgan fingerprint density at radius 2 is 2.12 bits per heavy atom. The first-order valence-corrected chi connectivity index (χ1v) is 8.85. The van der Waals surface area contributed by atoms with Crippen molar-refractivity contribution < 1.29 is 14.7 Å². The molecule has 1 amide bonds. The average Bonchev–Trinajstić information content (AvgIpc) is 3.20. The number of hydrogen-bond donors (Lipinski definition) is 1. The van der Waals surface area contributed by atoms with Crippen molar-refractivity contribution in [1.29, 1.82) is 0 Å². The number of aliphatic carboxylic acids is 1. The molecular weight excluding hydrogens is 336 g/mol. The predicted octanol–water partition coefficient (Wildman–Crippen LogP) is 0.895. The molecule has 2 aromatic rings. The first-order valence-electron chi connectivity index (χ1n) is 8.85. The summed E-state index contributed by atoms with van der Waals surface area (Å²) < 4.78 is 1.20. The van der Waals surface area contributed by atoms with Crippen molar-refractivity contribution in [2.45, 2.75) is 32.2 Å². The average molecular weight is 356 g/mol. The normalized spacial score (nSPS) is 24.8. The quantitative estimate of drug-likeness (QED) is 0.872. The van der Waals surface area contributed by atoms with Gasteiger partial charge in [0, 0.05) is 19.5 Å². The van der Waals surface area contributed by atoms with Gasteiger partial charge in [0.05, 0.1) is 17.3 Å². The van der Waals surface area contributed by atoms with Gasteiger partial charge in [-0.1, -0.05) is 23.8 Å². The predicted molar refractivity (Wildman–Crippen MR) is 92.4 cm³/mol. The van der Waals surface area contributed by atoms with Crippen LogP contribution in [0.5, 0.6) is 0 Å². The summed E-state index contributed by atoms with van der Waals surface area (Å²) in [5.41, 5.74) is -0.533. The van der Waals surface area contributed by atoms with Gasteiger partial charge in [0.25, 0.3) is 5.56 Å². The Morgan fingerprint density at radius 3 is 2.88 bits per heavy atom. The summed E-state index contributed by atoms with van der Waals surface area (Å²) in [5.74, 6) is -0.902. The van der Waals surface area contributed by atoms with Crippen LogP contribution in [-0.4, -0.2) is 50.0 Å². The molecule has 1 saturated heterocycles. The van der Waals surface area contributed by atoms with Crippen molar-refractivity contribution in [3.63, 3.8) is 0 Å². The smallest absolute Gasteiger partial charge is 0.311 e. The number of carboxylic acids is 1. The van der Waals surface area contributed by atoms with E-state index in [0.717, 1.165) is 12.8 Å². The number of carboxylic acid groups (broad SMARTS) is 1. The van der Waals surface area contributed by atoms with Gasteiger partial charge in [-0.15, -0.1) is 5.10 Å². The van der Waals surface area contributed by atoms with E-state index in [1.165, 1.54) is 4.68 Å². The van der Waals surface area contributed by atoms with Crippen LogP contribution in [0.3, 0.4) is 0 Å². The lowest BCUT2D eigenvalue weighted by molar-refractivity contribution is -0.149. The van der Waals surface area contributed by atoms with Gasteiger partial charge < -0.3 is 10.0 Å². The zero-order chi connectivity index (χ0) is 18.3. The van der Waals surface area contributed by atoms with Crippen LogP contribution in [0, 0.1) is 11.3 Å². The Bertz CT molecular complexity index is 940. The first kappa shape index (κ1) is 16.7. The molecule has 2 fully saturated rings. The van der Waals surface area contributed by atoms with Gasteiger partial charge in [0.1, 0.15) is 5.52 Å². The highest BCUT2D eigenvalue weighted by atomic mass is 16.4. The molecule has 26 heavy (non-hydrogen) atoms. The Hall–Kier alpha value is -2.77. The number of amides is 1. The zero-order valence-electron chi connectivity index (χ0n) is 14.3. The summed E-state index contributed by atoms with van der Waals surface area (Å²) in [6.07, 6.45) is 2.49. The lowest BCUT2D eigenvalue weighted by Crippen LogP contribution is -2.37. The van der Waals surface area contributed by atoms with Gasteiger partial charge in [-0.2, -0.15) is 0 Å². The molecule has 0 spiro atoms. The monoisotopic (exact) mass is 356 g/mol. The number of benzene rings is 1. The largest absolute Gasteiger partial charge is 0.481 e. The maximum atomic E-state index is 12.6. The fourth-order valence-corrected chi connectivity index (χ4v) is 4.36. The highest BCUT2D eigenvalue weighted by Crippen LogP contribution is 2.48. The number of likely N-dealkylation sites (tertiary alicyclic amines) is 1. The van der Waals surface area contributed by atoms with E-state index in [1.54, 1.807) is 29.2 Å². The van der Waals surface area contributed by atoms with Crippen molar-refractivity contribution in [3.05, 3.63) is 34.6 Å². The number of hydrogen-bond acceptors (Lipinski definition) is 5. The van der Waals surface area contributed by atoms with E-state index in [9.17, 15) is 19.5 Å². The van der Waals surface area contributed by atoms with E-state index in [4.69, 9.17) is 0 Å². The van der Waals surface area contributed by atoms with E-state index in [0.29, 0.717) is 23.9 Å². The highest BCUT2D eigenvalue weighted by molar-refractivity contribution is 5.81. The molecule has 0 bridgehead atoms. The topological polar surface area (TPSA) is 105 Å². The summed E-state index contributed by atoms with van der Waals surface area (Å²) in [7, 11) is 0. The molecule has 1 aromatic heterocycles. The third-order valence-electron chi connectivity index (χ3n) is 5.82. The molecule has 1 aliphatic carbocycles. The molecule has 1 aromatic carbocycles. The van der Waals surface area contributed by atoms with Crippen LogP contribution in [-0.2, 0) is 16.1 Å². The van der Waals surface area contributed by atoms with Gasteiger partial charge in [0.2, 0.25) is 5.91 Å². The molecule has 1 N–H and O–H groups in total. The van der Waals surface area contributed by atoms with E-state index in [2.05, 4.69) is 10.3 Å². The number of fused-ring (bicyclic) bond motifs is 2. The second-order valence-corrected chi connectivity index (χ2v) is 7.21. The van der Waals surface area contributed by atoms with Crippen molar-refractivity contribution in [3.8, 4) is 0 Å². The van der Waals surface area contributed by atoms with E-state index >= 15 is 0 Å². The third kappa shape index (κ3) is 2.56. The van der Waals surface area contributed by atoms with Crippen LogP contribution >= 0.6 is 0 Å². The lowest BCUT2D eigenvalue weighted by Gasteiger charge is -2.23. The maximum Gasteiger partial charge on any atom is 0.311 e. The van der Waals surface area contributed by atoms with Crippen LogP contribution in [0.1, 0.15) is 25.7 Å². The molecule has 2 heterocycles. The van der Waals surface area contributed by atoms with E-state index in [-0.39, 0.29) is 36.9 Å². The minimum absolute atomic E-state index is 0.0344. The maximum absolute atomic E-state index is 12.6. The van der Waals surface area contributed by atoms with Gasteiger partial charge in [-0.25, -0.2) is 4.68 Å². The Morgan fingerprint density at radius 1 is 1.31 bits per heavy atom. The summed E-state index contributed by atoms with van der Waals surface area (Å²) in [6, 6.07) is 6.94. The summed E-state index contributed by atoms with van der Waals surface area (Å²) in [4.78, 5) is 38.3. The molecule has 136 valence electrons. The Kier molecular flexibility index (Phi) is 3.97. The first-order chi connectivity index (χ1) is 12.5. The summed E-state index contributed by atoms with van der Waals surface area (Å²) in [6.45, 7) is 0.893. The van der Waals surface area contributed by atoms with Crippen molar-refractivity contribution in [2.24, 2.45) is 11.3 Å². The van der Waals surface area contributed by atoms with Crippen LogP contribution in [0.15, 0.2) is 29.1 Å². The van der Waals surface area contributed by atoms with E-state index in [1.807, 2.05) is 0 Å². The number of nitrogens with zero attached hydrogens (tertiary/aromatic N) is 4. The van der Waals surface area contributed by atoms with Gasteiger partial charge >= 0.3 is 5.97 Å². The highest BCUT2D eigenvalue weighted by Gasteiger charge is 2.55. The van der Waals surface area contributed by atoms with Crippen LogP contribution in [0.25, 0.3) is 10.9 Å². The minimum atomic E-state index is -0.799. The molecule has 1 saturated carbocycles. The Balaban J connectivity index is 1.46. The minimum Gasteiger partial charge on any atom is -0.481 e. The molecule has 8 nitrogen and oxygen atoms in total. The second-order valence-electron chi connectivity index (χ2n) is 7.21. The molecule has 4 rings (SSSR count). The zero-order valence-corrected chi connectivity index (χ0v) is 14.3. The third-order valence-corrected chi connectivity index (χ3v) is 5.82. The number of carbonyl (C=O) groups is 2. The molecule has 2 atom stereocenters. The van der Waals surface area contributed by atoms with Crippen molar-refractivity contribution >= 4 is 22.8 Å². The molecular formula is C18H20N4O4. The van der Waals surface area contributed by atoms with Gasteiger partial charge in [-0.05, 0) is 30.9 Å². The number of carbonyl (C=O) groups excluding carboxylic acids is 1. The van der Waals surface area contributed by atoms with Crippen molar-refractivity contribution in [1.82, 2.24) is 19.9 Å². The van der Waals surface area contributed by atoms with Gasteiger partial charge in [-0.3, -0.25) is 14.4 Å². The lowest BCUT2D eigenvalue weighted by atomic mass is 9.81.